The molecule has 0 aliphatic heterocycles. The highest BCUT2D eigenvalue weighted by atomic mass is 16.1. The van der Waals surface area contributed by atoms with E-state index in [1.807, 2.05) is 0 Å². The molecular formula is C18H18O. The van der Waals surface area contributed by atoms with Crippen LogP contribution in [0.2, 0.25) is 0 Å². The number of fused-ring (bicyclic) bond motifs is 5. The maximum atomic E-state index is 12.9. The molecule has 5 bridgehead atoms. The van der Waals surface area contributed by atoms with E-state index < -0.39 is 0 Å². The van der Waals surface area contributed by atoms with Crippen LogP contribution in [-0.2, 0) is 4.79 Å². The average Bonchev–Trinajstić information content (AvgIpc) is 2.72. The summed E-state index contributed by atoms with van der Waals surface area (Å²) in [4.78, 5) is 12.9. The predicted molar refractivity (Wildman–Crippen MR) is 77.4 cm³/mol. The van der Waals surface area contributed by atoms with Crippen LogP contribution in [0.5, 0.6) is 0 Å². The number of hydrogen-bond acceptors (Lipinski definition) is 1. The van der Waals surface area contributed by atoms with Crippen molar-refractivity contribution >= 4 is 17.9 Å². The normalized spacial score (nSPS) is 38.1. The molecule has 2 atom stereocenters. The lowest BCUT2D eigenvalue weighted by Crippen LogP contribution is -2.33. The summed E-state index contributed by atoms with van der Waals surface area (Å²) < 4.78 is 0. The molecule has 1 heteroatoms. The Labute approximate surface area is 114 Å². The number of ketones is 1. The molecule has 2 saturated carbocycles. The minimum Gasteiger partial charge on any atom is -0.294 e. The minimum absolute atomic E-state index is 0.0584. The van der Waals surface area contributed by atoms with Gasteiger partial charge in [-0.2, -0.15) is 0 Å². The van der Waals surface area contributed by atoms with Gasteiger partial charge in [0.15, 0.2) is 5.78 Å². The maximum absolute atomic E-state index is 12.9. The van der Waals surface area contributed by atoms with Crippen molar-refractivity contribution in [2.75, 3.05) is 0 Å². The Morgan fingerprint density at radius 2 is 2.00 bits per heavy atom. The van der Waals surface area contributed by atoms with Crippen molar-refractivity contribution in [1.82, 2.24) is 0 Å². The van der Waals surface area contributed by atoms with Crippen molar-refractivity contribution < 1.29 is 4.79 Å². The first-order valence-electron chi connectivity index (χ1n) is 7.10. The predicted octanol–water partition coefficient (Wildman–Crippen LogP) is 4.10. The monoisotopic (exact) mass is 250 g/mol. The van der Waals surface area contributed by atoms with E-state index in [2.05, 4.69) is 56.3 Å². The van der Waals surface area contributed by atoms with Crippen LogP contribution in [0.3, 0.4) is 0 Å². The number of rotatable bonds is 0. The number of benzene rings is 1. The van der Waals surface area contributed by atoms with Gasteiger partial charge in [-0.1, -0.05) is 44.2 Å². The zero-order valence-corrected chi connectivity index (χ0v) is 11.4. The summed E-state index contributed by atoms with van der Waals surface area (Å²) in [6.45, 7) is 4.54. The lowest BCUT2D eigenvalue weighted by atomic mass is 9.68. The zero-order chi connectivity index (χ0) is 13.3. The van der Waals surface area contributed by atoms with E-state index in [1.165, 1.54) is 5.56 Å². The van der Waals surface area contributed by atoms with Crippen molar-refractivity contribution in [2.45, 2.75) is 26.7 Å². The molecule has 96 valence electrons. The van der Waals surface area contributed by atoms with Gasteiger partial charge < -0.3 is 0 Å². The number of allylic oxidation sites excluding steroid dienone is 2. The van der Waals surface area contributed by atoms with Crippen LogP contribution in [0, 0.1) is 16.7 Å². The van der Waals surface area contributed by atoms with Crippen LogP contribution < -0.4 is 0 Å². The van der Waals surface area contributed by atoms with E-state index in [0.29, 0.717) is 11.7 Å². The highest BCUT2D eigenvalue weighted by molar-refractivity contribution is 6.10. The fraction of sp³-hybridized carbons (Fsp3) is 0.389. The number of hydrogen-bond donors (Lipinski definition) is 0. The molecule has 1 aromatic carbocycles. The van der Waals surface area contributed by atoms with Crippen molar-refractivity contribution in [2.24, 2.45) is 16.7 Å². The van der Waals surface area contributed by atoms with Crippen LogP contribution in [0.4, 0.5) is 0 Å². The first-order chi connectivity index (χ1) is 9.04. The summed E-state index contributed by atoms with van der Waals surface area (Å²) >= 11 is 0. The number of Topliss-reactive ketones (excluding diaryl/α,β-unsaturated/α-hetero) is 1. The largest absolute Gasteiger partial charge is 0.294 e. The van der Waals surface area contributed by atoms with Crippen molar-refractivity contribution in [1.29, 1.82) is 0 Å². The molecule has 0 saturated heterocycles. The minimum atomic E-state index is -0.268. The lowest BCUT2D eigenvalue weighted by Gasteiger charge is -2.33. The SMILES string of the molecule is CC1(C)C2CCC13/C=C\c1cccc(c1)/C=C/2C3=O. The van der Waals surface area contributed by atoms with Crippen LogP contribution in [0.25, 0.3) is 12.2 Å². The van der Waals surface area contributed by atoms with Crippen LogP contribution in [-0.4, -0.2) is 5.78 Å². The van der Waals surface area contributed by atoms with Gasteiger partial charge in [-0.3, -0.25) is 4.79 Å². The van der Waals surface area contributed by atoms with Gasteiger partial charge in [-0.25, -0.2) is 0 Å². The molecule has 3 aliphatic carbocycles. The third-order valence-electron chi connectivity index (χ3n) is 5.68. The van der Waals surface area contributed by atoms with Gasteiger partial charge in [-0.05, 0) is 47.4 Å². The Morgan fingerprint density at radius 1 is 1.21 bits per heavy atom. The average molecular weight is 250 g/mol. The first kappa shape index (κ1) is 11.2. The Hall–Kier alpha value is -1.63. The molecule has 3 aliphatic rings. The van der Waals surface area contributed by atoms with Crippen LogP contribution in [0.1, 0.15) is 37.8 Å². The molecule has 19 heavy (non-hydrogen) atoms. The van der Waals surface area contributed by atoms with Crippen LogP contribution >= 0.6 is 0 Å². The Balaban J connectivity index is 2.05. The summed E-state index contributed by atoms with van der Waals surface area (Å²) in [5.74, 6) is 0.791. The quantitative estimate of drug-likeness (QED) is 0.677. The van der Waals surface area contributed by atoms with Crippen molar-refractivity contribution in [3.05, 3.63) is 47.0 Å². The van der Waals surface area contributed by atoms with Crippen LogP contribution in [0.15, 0.2) is 35.9 Å². The third kappa shape index (κ3) is 1.19. The topological polar surface area (TPSA) is 17.1 Å². The maximum Gasteiger partial charge on any atom is 0.169 e. The highest BCUT2D eigenvalue weighted by Crippen LogP contribution is 2.67. The molecule has 2 fully saturated rings. The van der Waals surface area contributed by atoms with E-state index in [-0.39, 0.29) is 10.8 Å². The Kier molecular flexibility index (Phi) is 1.93. The first-order valence-corrected chi connectivity index (χ1v) is 7.10. The standard InChI is InChI=1S/C18H18O/c1-17(2)15-7-9-18(17)8-6-12-4-3-5-13(10-12)11-14(15)16(18)19/h3-6,8,10-11,15H,7,9H2,1-2H3/b8-6-,14-11-. The Morgan fingerprint density at radius 3 is 2.84 bits per heavy atom. The fourth-order valence-electron chi connectivity index (χ4n) is 4.44. The smallest absolute Gasteiger partial charge is 0.169 e. The van der Waals surface area contributed by atoms with Crippen molar-refractivity contribution in [3.63, 3.8) is 0 Å². The lowest BCUT2D eigenvalue weighted by molar-refractivity contribution is -0.123. The van der Waals surface area contributed by atoms with Crippen molar-refractivity contribution in [3.8, 4) is 0 Å². The molecule has 0 radical (unpaired) electrons. The fourth-order valence-corrected chi connectivity index (χ4v) is 4.44. The molecule has 1 nitrogen and oxygen atoms in total. The molecule has 0 aromatic heterocycles. The van der Waals surface area contributed by atoms with Gasteiger partial charge in [-0.15, -0.1) is 0 Å². The van der Waals surface area contributed by atoms with E-state index in [4.69, 9.17) is 0 Å². The summed E-state index contributed by atoms with van der Waals surface area (Å²) in [6.07, 6.45) is 8.62. The molecule has 1 spiro atoms. The van der Waals surface area contributed by atoms with Gasteiger partial charge >= 0.3 is 0 Å². The molecule has 0 amide bonds. The second-order valence-corrected chi connectivity index (χ2v) is 6.72. The third-order valence-corrected chi connectivity index (χ3v) is 5.68. The Bertz CT molecular complexity index is 647. The number of carbonyl (C=O) groups excluding carboxylic acids is 1. The van der Waals surface area contributed by atoms with E-state index in [9.17, 15) is 4.79 Å². The van der Waals surface area contributed by atoms with Gasteiger partial charge in [0, 0.05) is 5.57 Å². The van der Waals surface area contributed by atoms with Gasteiger partial charge in [0.2, 0.25) is 0 Å². The number of carbonyl (C=O) groups is 1. The molecule has 1 aromatic rings. The van der Waals surface area contributed by atoms with Gasteiger partial charge in [0.25, 0.3) is 0 Å². The summed E-state index contributed by atoms with van der Waals surface area (Å²) in [5, 5.41) is 0. The molecule has 4 rings (SSSR count). The van der Waals surface area contributed by atoms with E-state index in [1.54, 1.807) is 0 Å². The summed E-state index contributed by atoms with van der Waals surface area (Å²) in [6, 6.07) is 8.44. The van der Waals surface area contributed by atoms with Gasteiger partial charge in [0.1, 0.15) is 0 Å². The van der Waals surface area contributed by atoms with Gasteiger partial charge in [0.05, 0.1) is 5.41 Å². The van der Waals surface area contributed by atoms with E-state index >= 15 is 0 Å². The highest BCUT2D eigenvalue weighted by Gasteiger charge is 2.65. The summed E-state index contributed by atoms with van der Waals surface area (Å²) in [7, 11) is 0. The summed E-state index contributed by atoms with van der Waals surface area (Å²) in [5.41, 5.74) is 3.20. The molecule has 0 heterocycles. The molecule has 2 unspecified atom stereocenters. The molecular weight excluding hydrogens is 232 g/mol. The molecule has 0 N–H and O–H groups in total. The van der Waals surface area contributed by atoms with E-state index in [0.717, 1.165) is 24.0 Å². The zero-order valence-electron chi connectivity index (χ0n) is 11.4. The second kappa shape index (κ2) is 3.27. The second-order valence-electron chi connectivity index (χ2n) is 6.72.